The molecule has 6 heteroatoms. The van der Waals surface area contributed by atoms with E-state index in [1.165, 1.54) is 0 Å². The molecule has 3 heterocycles. The quantitative estimate of drug-likeness (QED) is 0.755. The van der Waals surface area contributed by atoms with E-state index in [0.29, 0.717) is 0 Å². The molecule has 1 aromatic carbocycles. The number of aryl methyl sites for hydroxylation is 1. The molecule has 0 atom stereocenters. The van der Waals surface area contributed by atoms with E-state index in [2.05, 4.69) is 25.4 Å². The Kier molecular flexibility index (Phi) is 5.28. The van der Waals surface area contributed by atoms with E-state index in [1.807, 2.05) is 55.5 Å². The molecule has 6 nitrogen and oxygen atoms in total. The number of carbonyl (C=O) groups is 1. The van der Waals surface area contributed by atoms with Gasteiger partial charge in [-0.1, -0.05) is 18.2 Å². The minimum Gasteiger partial charge on any atom is -0.355 e. The number of hydrogen-bond donors (Lipinski definition) is 1. The first-order valence-corrected chi connectivity index (χ1v) is 9.56. The van der Waals surface area contributed by atoms with Crippen LogP contribution in [0.5, 0.6) is 0 Å². The lowest BCUT2D eigenvalue weighted by molar-refractivity contribution is -0.120. The van der Waals surface area contributed by atoms with Gasteiger partial charge in [0, 0.05) is 42.7 Å². The molecule has 1 N–H and O–H groups in total. The van der Waals surface area contributed by atoms with Gasteiger partial charge in [-0.15, -0.1) is 10.2 Å². The second-order valence-electron chi connectivity index (χ2n) is 7.08. The third-order valence-electron chi connectivity index (χ3n) is 5.20. The van der Waals surface area contributed by atoms with Crippen LogP contribution in [0.3, 0.4) is 0 Å². The molecule has 0 radical (unpaired) electrons. The summed E-state index contributed by atoms with van der Waals surface area (Å²) in [7, 11) is 0. The molecule has 0 bridgehead atoms. The summed E-state index contributed by atoms with van der Waals surface area (Å²) in [6.07, 6.45) is 5.14. The molecule has 28 heavy (non-hydrogen) atoms. The summed E-state index contributed by atoms with van der Waals surface area (Å²) >= 11 is 0. The standard InChI is InChI=1S/C22H23N5O/c1-16-5-2-3-7-19(16)24-22(28)17-10-13-27(14-11-17)21-9-8-20(25-26-21)18-6-4-12-23-15-18/h2-9,12,15,17H,10-11,13-14H2,1H3,(H,24,28). The number of para-hydroxylation sites is 1. The van der Waals surface area contributed by atoms with Crippen molar-refractivity contribution in [1.82, 2.24) is 15.2 Å². The summed E-state index contributed by atoms with van der Waals surface area (Å²) < 4.78 is 0. The van der Waals surface area contributed by atoms with Crippen molar-refractivity contribution in [2.24, 2.45) is 5.92 Å². The third-order valence-corrected chi connectivity index (χ3v) is 5.20. The van der Waals surface area contributed by atoms with Crippen molar-refractivity contribution in [3.05, 3.63) is 66.5 Å². The Morgan fingerprint density at radius 3 is 2.54 bits per heavy atom. The average Bonchev–Trinajstić information content (AvgIpc) is 2.76. The van der Waals surface area contributed by atoms with Gasteiger partial charge in [-0.05, 0) is 55.7 Å². The zero-order valence-corrected chi connectivity index (χ0v) is 15.9. The summed E-state index contributed by atoms with van der Waals surface area (Å²) in [6.45, 7) is 3.60. The molecule has 2 aromatic heterocycles. The lowest BCUT2D eigenvalue weighted by Gasteiger charge is -2.32. The van der Waals surface area contributed by atoms with Gasteiger partial charge >= 0.3 is 0 Å². The van der Waals surface area contributed by atoms with E-state index in [1.54, 1.807) is 12.4 Å². The molecular formula is C22H23N5O. The average molecular weight is 373 g/mol. The Hall–Kier alpha value is -3.28. The molecule has 1 amide bonds. The van der Waals surface area contributed by atoms with Gasteiger partial charge in [0.15, 0.2) is 5.82 Å². The molecule has 0 unspecified atom stereocenters. The number of amides is 1. The third kappa shape index (κ3) is 4.01. The van der Waals surface area contributed by atoms with Gasteiger partial charge in [0.2, 0.25) is 5.91 Å². The van der Waals surface area contributed by atoms with Crippen LogP contribution in [-0.2, 0) is 4.79 Å². The van der Waals surface area contributed by atoms with E-state index >= 15 is 0 Å². The van der Waals surface area contributed by atoms with E-state index in [4.69, 9.17) is 0 Å². The van der Waals surface area contributed by atoms with Gasteiger partial charge in [-0.25, -0.2) is 0 Å². The molecular weight excluding hydrogens is 350 g/mol. The summed E-state index contributed by atoms with van der Waals surface area (Å²) in [4.78, 5) is 18.9. The first-order valence-electron chi connectivity index (χ1n) is 9.56. The number of aromatic nitrogens is 3. The lowest BCUT2D eigenvalue weighted by Crippen LogP contribution is -2.38. The highest BCUT2D eigenvalue weighted by Gasteiger charge is 2.26. The highest BCUT2D eigenvalue weighted by molar-refractivity contribution is 5.93. The van der Waals surface area contributed by atoms with Crippen molar-refractivity contribution in [1.29, 1.82) is 0 Å². The molecule has 142 valence electrons. The van der Waals surface area contributed by atoms with Crippen molar-refractivity contribution in [3.8, 4) is 11.3 Å². The maximum absolute atomic E-state index is 12.6. The monoisotopic (exact) mass is 373 g/mol. The van der Waals surface area contributed by atoms with Gasteiger partial charge < -0.3 is 10.2 Å². The van der Waals surface area contributed by atoms with Crippen molar-refractivity contribution < 1.29 is 4.79 Å². The van der Waals surface area contributed by atoms with Crippen molar-refractivity contribution in [2.45, 2.75) is 19.8 Å². The number of piperidine rings is 1. The summed E-state index contributed by atoms with van der Waals surface area (Å²) in [5.41, 5.74) is 3.74. The first-order chi connectivity index (χ1) is 13.7. The largest absolute Gasteiger partial charge is 0.355 e. The predicted molar refractivity (Wildman–Crippen MR) is 110 cm³/mol. The molecule has 3 aromatic rings. The minimum absolute atomic E-state index is 0.0264. The predicted octanol–water partition coefficient (Wildman–Crippen LogP) is 3.70. The van der Waals surface area contributed by atoms with Crippen molar-refractivity contribution >= 4 is 17.4 Å². The number of carbonyl (C=O) groups excluding carboxylic acids is 1. The second kappa shape index (κ2) is 8.17. The Balaban J connectivity index is 1.35. The Morgan fingerprint density at radius 1 is 1.04 bits per heavy atom. The van der Waals surface area contributed by atoms with E-state index in [0.717, 1.165) is 54.3 Å². The molecule has 4 rings (SSSR count). The highest BCUT2D eigenvalue weighted by Crippen LogP contribution is 2.24. The lowest BCUT2D eigenvalue weighted by atomic mass is 9.95. The zero-order valence-electron chi connectivity index (χ0n) is 15.9. The van der Waals surface area contributed by atoms with Gasteiger partial charge in [-0.2, -0.15) is 0 Å². The maximum Gasteiger partial charge on any atom is 0.227 e. The first kappa shape index (κ1) is 18.1. The number of nitrogens with zero attached hydrogens (tertiary/aromatic N) is 4. The topological polar surface area (TPSA) is 71.0 Å². The number of rotatable bonds is 4. The number of nitrogens with one attached hydrogen (secondary N) is 1. The van der Waals surface area contributed by atoms with E-state index in [9.17, 15) is 4.79 Å². The molecule has 1 aliphatic heterocycles. The fraction of sp³-hybridized carbons (Fsp3) is 0.273. The van der Waals surface area contributed by atoms with Gasteiger partial charge in [-0.3, -0.25) is 9.78 Å². The highest BCUT2D eigenvalue weighted by atomic mass is 16.1. The van der Waals surface area contributed by atoms with Crippen LogP contribution >= 0.6 is 0 Å². The maximum atomic E-state index is 12.6. The number of pyridine rings is 1. The van der Waals surface area contributed by atoms with Gasteiger partial charge in [0.1, 0.15) is 0 Å². The van der Waals surface area contributed by atoms with Crippen LogP contribution in [-0.4, -0.2) is 34.2 Å². The Bertz CT molecular complexity index is 935. The molecule has 0 saturated carbocycles. The Morgan fingerprint density at radius 2 is 1.86 bits per heavy atom. The van der Waals surface area contributed by atoms with Crippen LogP contribution in [0.2, 0.25) is 0 Å². The van der Waals surface area contributed by atoms with Crippen LogP contribution < -0.4 is 10.2 Å². The molecule has 0 spiro atoms. The van der Waals surface area contributed by atoms with Crippen LogP contribution in [0, 0.1) is 12.8 Å². The minimum atomic E-state index is 0.0264. The normalized spacial score (nSPS) is 14.7. The zero-order chi connectivity index (χ0) is 19.3. The van der Waals surface area contributed by atoms with Crippen LogP contribution in [0.25, 0.3) is 11.3 Å². The van der Waals surface area contributed by atoms with Gasteiger partial charge in [0.05, 0.1) is 5.69 Å². The summed E-state index contributed by atoms with van der Waals surface area (Å²) in [5.74, 6) is 0.982. The second-order valence-corrected chi connectivity index (χ2v) is 7.08. The van der Waals surface area contributed by atoms with Gasteiger partial charge in [0.25, 0.3) is 0 Å². The summed E-state index contributed by atoms with van der Waals surface area (Å²) in [6, 6.07) is 15.7. The fourth-order valence-electron chi connectivity index (χ4n) is 3.48. The number of benzene rings is 1. The SMILES string of the molecule is Cc1ccccc1NC(=O)C1CCN(c2ccc(-c3cccnc3)nn2)CC1. The van der Waals surface area contributed by atoms with Crippen LogP contribution in [0.1, 0.15) is 18.4 Å². The molecule has 1 saturated heterocycles. The molecule has 0 aliphatic carbocycles. The number of hydrogen-bond acceptors (Lipinski definition) is 5. The Labute approximate surface area is 164 Å². The van der Waals surface area contributed by atoms with E-state index in [-0.39, 0.29) is 11.8 Å². The molecule has 1 fully saturated rings. The molecule has 1 aliphatic rings. The fourth-order valence-corrected chi connectivity index (χ4v) is 3.48. The smallest absolute Gasteiger partial charge is 0.227 e. The van der Waals surface area contributed by atoms with Crippen molar-refractivity contribution in [2.75, 3.05) is 23.3 Å². The number of anilines is 2. The van der Waals surface area contributed by atoms with Crippen LogP contribution in [0.4, 0.5) is 11.5 Å². The summed E-state index contributed by atoms with van der Waals surface area (Å²) in [5, 5.41) is 11.8. The van der Waals surface area contributed by atoms with E-state index < -0.39 is 0 Å². The van der Waals surface area contributed by atoms with Crippen LogP contribution in [0.15, 0.2) is 60.9 Å². The van der Waals surface area contributed by atoms with Crippen molar-refractivity contribution in [3.63, 3.8) is 0 Å².